The molecule has 0 aliphatic heterocycles. The van der Waals surface area contributed by atoms with Crippen LogP contribution < -0.4 is 20.9 Å². The van der Waals surface area contributed by atoms with E-state index in [1.807, 2.05) is 0 Å². The predicted octanol–water partition coefficient (Wildman–Crippen LogP) is 2.18. The van der Waals surface area contributed by atoms with Gasteiger partial charge in [0.2, 0.25) is 0 Å². The molecule has 0 saturated heterocycles. The summed E-state index contributed by atoms with van der Waals surface area (Å²) in [5.74, 6) is -1.16. The third kappa shape index (κ3) is 6.87. The fraction of sp³-hybridized carbons (Fsp3) is 0.118. The van der Waals surface area contributed by atoms with E-state index in [-0.39, 0.29) is 17.3 Å². The summed E-state index contributed by atoms with van der Waals surface area (Å²) in [5, 5.41) is 24.1. The van der Waals surface area contributed by atoms with Crippen LogP contribution in [0.25, 0.3) is 0 Å². The second-order valence-corrected chi connectivity index (χ2v) is 6.72. The number of nitro benzene ring substituents is 2. The molecule has 0 aromatic heterocycles. The number of nitro groups is 2. The van der Waals surface area contributed by atoms with E-state index < -0.39 is 33.0 Å². The van der Waals surface area contributed by atoms with Gasteiger partial charge in [-0.25, -0.2) is 0 Å². The molecule has 2 rings (SSSR count). The molecule has 162 valence electrons. The maximum Gasteiger partial charge on any atom is 0.277 e. The zero-order chi connectivity index (χ0) is 23.1. The number of benzene rings is 2. The van der Waals surface area contributed by atoms with Crippen LogP contribution in [0.1, 0.15) is 15.9 Å². The maximum atomic E-state index is 12.2. The molecule has 0 aliphatic rings. The van der Waals surface area contributed by atoms with Crippen LogP contribution in [0.2, 0.25) is 5.02 Å². The second-order valence-electron chi connectivity index (χ2n) is 5.91. The van der Waals surface area contributed by atoms with Gasteiger partial charge in [-0.2, -0.15) is 0 Å². The number of ether oxygens (including phenoxy) is 1. The number of aryl methyl sites for hydroxylation is 1. The molecule has 2 aromatic rings. The molecule has 2 amide bonds. The topological polar surface area (TPSA) is 166 Å². The summed E-state index contributed by atoms with van der Waals surface area (Å²) in [5.41, 5.74) is 3.56. The first-order valence-electron chi connectivity index (χ1n) is 8.30. The number of hydrogen-bond acceptors (Lipinski definition) is 8. The lowest BCUT2D eigenvalue weighted by Gasteiger charge is -2.12. The lowest BCUT2D eigenvalue weighted by molar-refractivity contribution is -0.394. The Morgan fingerprint density at radius 1 is 1.06 bits per heavy atom. The molecule has 0 bridgehead atoms. The number of nitrogens with one attached hydrogen (secondary N) is 3. The van der Waals surface area contributed by atoms with Crippen LogP contribution in [-0.4, -0.2) is 33.4 Å². The van der Waals surface area contributed by atoms with Gasteiger partial charge in [0.1, 0.15) is 5.75 Å². The van der Waals surface area contributed by atoms with Gasteiger partial charge in [0, 0.05) is 17.2 Å². The van der Waals surface area contributed by atoms with Gasteiger partial charge in [0.05, 0.1) is 21.5 Å². The summed E-state index contributed by atoms with van der Waals surface area (Å²) in [6, 6.07) is 7.27. The number of carbonyl (C=O) groups is 2. The molecule has 0 radical (unpaired) electrons. The number of nitrogens with zero attached hydrogens (tertiary/aromatic N) is 2. The maximum absolute atomic E-state index is 12.2. The molecule has 0 atom stereocenters. The van der Waals surface area contributed by atoms with E-state index >= 15 is 0 Å². The molecule has 0 heterocycles. The largest absolute Gasteiger partial charge is 0.484 e. The highest BCUT2D eigenvalue weighted by atomic mass is 35.5. The first kappa shape index (κ1) is 23.4. The minimum atomic E-state index is -0.952. The molecule has 0 unspecified atom stereocenters. The average Bonchev–Trinajstić information content (AvgIpc) is 2.72. The zero-order valence-corrected chi connectivity index (χ0v) is 17.3. The summed E-state index contributed by atoms with van der Waals surface area (Å²) in [6.07, 6.45) is 0. The van der Waals surface area contributed by atoms with Crippen molar-refractivity contribution >= 4 is 52.1 Å². The summed E-state index contributed by atoms with van der Waals surface area (Å²) in [6.45, 7) is 1.40. The lowest BCUT2D eigenvalue weighted by atomic mass is 10.1. The molecule has 14 heteroatoms. The molecule has 31 heavy (non-hydrogen) atoms. The standard InChI is InChI=1S/C17H14ClN5O7S/c1-9-4-13(2-3-14(9)18)30-8-15(24)20-21-17(31)19-16(25)10-5-11(22(26)27)7-12(6-10)23(28)29/h2-7H,8H2,1H3,(H,20,24)(H2,19,21,25,31). The zero-order valence-electron chi connectivity index (χ0n) is 15.7. The van der Waals surface area contributed by atoms with E-state index in [0.717, 1.165) is 23.8 Å². The SMILES string of the molecule is Cc1cc(OCC(=O)NNC(=S)NC(=O)c2cc([N+](=O)[O-])cc([N+](=O)[O-])c2)ccc1Cl. The molecule has 0 fully saturated rings. The fourth-order valence-corrected chi connectivity index (χ4v) is 2.42. The van der Waals surface area contributed by atoms with Gasteiger partial charge in [-0.05, 0) is 42.9 Å². The van der Waals surface area contributed by atoms with E-state index in [1.54, 1.807) is 25.1 Å². The van der Waals surface area contributed by atoms with Crippen molar-refractivity contribution in [2.24, 2.45) is 0 Å². The second kappa shape index (κ2) is 10.3. The number of hydrogen-bond donors (Lipinski definition) is 3. The number of amides is 2. The number of hydrazine groups is 1. The van der Waals surface area contributed by atoms with Crippen molar-refractivity contribution in [3.05, 3.63) is 72.8 Å². The fourth-order valence-electron chi connectivity index (χ4n) is 2.16. The minimum Gasteiger partial charge on any atom is -0.484 e. The molecular weight excluding hydrogens is 454 g/mol. The Labute approximate surface area is 184 Å². The van der Waals surface area contributed by atoms with Crippen molar-refractivity contribution in [3.63, 3.8) is 0 Å². The van der Waals surface area contributed by atoms with Crippen molar-refractivity contribution in [2.45, 2.75) is 6.92 Å². The third-order valence-corrected chi connectivity index (χ3v) is 4.26. The van der Waals surface area contributed by atoms with E-state index in [4.69, 9.17) is 28.6 Å². The molecule has 12 nitrogen and oxygen atoms in total. The number of carbonyl (C=O) groups excluding carboxylic acids is 2. The van der Waals surface area contributed by atoms with Crippen molar-refractivity contribution in [1.82, 2.24) is 16.2 Å². The van der Waals surface area contributed by atoms with E-state index in [9.17, 15) is 29.8 Å². The first-order chi connectivity index (χ1) is 14.6. The predicted molar refractivity (Wildman–Crippen MR) is 113 cm³/mol. The van der Waals surface area contributed by atoms with Gasteiger partial charge in [-0.1, -0.05) is 11.6 Å². The van der Waals surface area contributed by atoms with Gasteiger partial charge in [0.15, 0.2) is 11.7 Å². The highest BCUT2D eigenvalue weighted by Gasteiger charge is 2.20. The van der Waals surface area contributed by atoms with Gasteiger partial charge in [-0.3, -0.25) is 46.0 Å². The van der Waals surface area contributed by atoms with E-state index in [0.29, 0.717) is 10.8 Å². The molecule has 0 aliphatic carbocycles. The smallest absolute Gasteiger partial charge is 0.277 e. The van der Waals surface area contributed by atoms with Crippen LogP contribution in [0, 0.1) is 27.2 Å². The van der Waals surface area contributed by atoms with Crippen molar-refractivity contribution in [3.8, 4) is 5.75 Å². The first-order valence-corrected chi connectivity index (χ1v) is 9.08. The Bertz CT molecular complexity index is 1050. The Morgan fingerprint density at radius 2 is 1.68 bits per heavy atom. The number of thiocarbonyl (C=S) groups is 1. The van der Waals surface area contributed by atoms with Crippen LogP contribution in [0.3, 0.4) is 0 Å². The highest BCUT2D eigenvalue weighted by Crippen LogP contribution is 2.23. The summed E-state index contributed by atoms with van der Waals surface area (Å²) in [7, 11) is 0. The Kier molecular flexibility index (Phi) is 7.76. The molecule has 0 saturated carbocycles. The normalized spacial score (nSPS) is 10.0. The summed E-state index contributed by atoms with van der Waals surface area (Å²) in [4.78, 5) is 44.1. The molecule has 0 spiro atoms. The molecular formula is C17H14ClN5O7S. The van der Waals surface area contributed by atoms with Crippen LogP contribution in [-0.2, 0) is 4.79 Å². The lowest BCUT2D eigenvalue weighted by Crippen LogP contribution is -2.49. The monoisotopic (exact) mass is 467 g/mol. The molecule has 2 aromatic carbocycles. The summed E-state index contributed by atoms with van der Waals surface area (Å²) < 4.78 is 5.29. The Morgan fingerprint density at radius 3 is 2.23 bits per heavy atom. The van der Waals surface area contributed by atoms with Crippen molar-refractivity contribution in [2.75, 3.05) is 6.61 Å². The van der Waals surface area contributed by atoms with Crippen molar-refractivity contribution < 1.29 is 24.2 Å². The van der Waals surface area contributed by atoms with Crippen molar-refractivity contribution in [1.29, 1.82) is 0 Å². The summed E-state index contributed by atoms with van der Waals surface area (Å²) >= 11 is 10.7. The highest BCUT2D eigenvalue weighted by molar-refractivity contribution is 7.80. The van der Waals surface area contributed by atoms with Gasteiger partial charge >= 0.3 is 0 Å². The van der Waals surface area contributed by atoms with Gasteiger partial charge in [0.25, 0.3) is 23.2 Å². The molecule has 3 N–H and O–H groups in total. The Balaban J connectivity index is 1.89. The van der Waals surface area contributed by atoms with E-state index in [1.165, 1.54) is 0 Å². The van der Waals surface area contributed by atoms with Gasteiger partial charge < -0.3 is 4.74 Å². The average molecular weight is 468 g/mol. The van der Waals surface area contributed by atoms with Crippen LogP contribution in [0.4, 0.5) is 11.4 Å². The van der Waals surface area contributed by atoms with Crippen LogP contribution in [0.5, 0.6) is 5.75 Å². The number of halogens is 1. The van der Waals surface area contributed by atoms with Crippen LogP contribution in [0.15, 0.2) is 36.4 Å². The van der Waals surface area contributed by atoms with Crippen LogP contribution >= 0.6 is 23.8 Å². The van der Waals surface area contributed by atoms with E-state index in [2.05, 4.69) is 16.2 Å². The number of non-ortho nitro benzene ring substituents is 2. The quantitative estimate of drug-likeness (QED) is 0.327. The minimum absolute atomic E-state index is 0.352. The number of rotatable bonds is 6. The van der Waals surface area contributed by atoms with Gasteiger partial charge in [-0.15, -0.1) is 0 Å². The third-order valence-electron chi connectivity index (χ3n) is 3.63. The Hall–Kier alpha value is -3.84.